The number of hydrogen-bond donors (Lipinski definition) is 1. The minimum absolute atomic E-state index is 0.0706. The molecule has 1 N–H and O–H groups in total. The van der Waals surface area contributed by atoms with E-state index in [1.165, 1.54) is 9.80 Å². The molecule has 7 nitrogen and oxygen atoms in total. The number of likely N-dealkylation sites (N-methyl/N-ethyl adjacent to an activating group) is 1. The van der Waals surface area contributed by atoms with Gasteiger partial charge in [-0.3, -0.25) is 9.59 Å². The molecule has 1 aliphatic rings. The van der Waals surface area contributed by atoms with Crippen molar-refractivity contribution in [1.82, 2.24) is 14.7 Å². The van der Waals surface area contributed by atoms with Crippen LogP contribution in [-0.2, 0) is 4.79 Å². The van der Waals surface area contributed by atoms with Crippen molar-refractivity contribution < 1.29 is 14.7 Å². The van der Waals surface area contributed by atoms with Crippen LogP contribution in [0.15, 0.2) is 48.5 Å². The molecule has 1 heterocycles. The highest BCUT2D eigenvalue weighted by Crippen LogP contribution is 2.44. The summed E-state index contributed by atoms with van der Waals surface area (Å²) in [6.07, 6.45) is 0. The van der Waals surface area contributed by atoms with Crippen LogP contribution < -0.4 is 0 Å². The van der Waals surface area contributed by atoms with E-state index in [9.17, 15) is 20.0 Å². The fourth-order valence-electron chi connectivity index (χ4n) is 4.18. The van der Waals surface area contributed by atoms with Gasteiger partial charge in [-0.25, -0.2) is 0 Å². The van der Waals surface area contributed by atoms with Gasteiger partial charge < -0.3 is 19.8 Å². The molecule has 7 heteroatoms. The molecule has 162 valence electrons. The Balaban J connectivity index is 1.95. The van der Waals surface area contributed by atoms with Gasteiger partial charge in [0.05, 0.1) is 25.3 Å². The Bertz CT molecular complexity index is 995. The van der Waals surface area contributed by atoms with E-state index < -0.39 is 12.1 Å². The third kappa shape index (κ3) is 4.31. The minimum atomic E-state index is -0.639. The van der Waals surface area contributed by atoms with Crippen molar-refractivity contribution >= 4 is 11.8 Å². The van der Waals surface area contributed by atoms with Crippen molar-refractivity contribution in [3.63, 3.8) is 0 Å². The fraction of sp³-hybridized carbons (Fsp3) is 0.375. The zero-order valence-corrected chi connectivity index (χ0v) is 18.3. The minimum Gasteiger partial charge on any atom is -0.394 e. The molecule has 2 aromatic rings. The van der Waals surface area contributed by atoms with Gasteiger partial charge in [0, 0.05) is 25.6 Å². The molecule has 0 bridgehead atoms. The van der Waals surface area contributed by atoms with Crippen molar-refractivity contribution in [3.05, 3.63) is 59.7 Å². The molecular weight excluding hydrogens is 392 g/mol. The van der Waals surface area contributed by atoms with E-state index >= 15 is 0 Å². The Labute approximate surface area is 183 Å². The van der Waals surface area contributed by atoms with Crippen molar-refractivity contribution in [3.8, 4) is 17.2 Å². The van der Waals surface area contributed by atoms with Crippen molar-refractivity contribution in [2.75, 3.05) is 41.3 Å². The van der Waals surface area contributed by atoms with Crippen molar-refractivity contribution in [2.24, 2.45) is 0 Å². The molecule has 1 saturated heterocycles. The second-order valence-electron chi connectivity index (χ2n) is 8.25. The van der Waals surface area contributed by atoms with E-state index in [1.54, 1.807) is 45.2 Å². The van der Waals surface area contributed by atoms with Gasteiger partial charge in [0.15, 0.2) is 0 Å². The van der Waals surface area contributed by atoms with E-state index in [1.807, 2.05) is 36.4 Å². The molecule has 1 fully saturated rings. The Morgan fingerprint density at radius 1 is 1.06 bits per heavy atom. The lowest BCUT2D eigenvalue weighted by Crippen LogP contribution is -2.66. The highest BCUT2D eigenvalue weighted by Gasteiger charge is 2.52. The van der Waals surface area contributed by atoms with E-state index in [0.29, 0.717) is 5.56 Å². The zero-order valence-electron chi connectivity index (χ0n) is 18.3. The molecule has 1 aliphatic heterocycles. The number of carbonyl (C=O) groups excluding carboxylic acids is 2. The van der Waals surface area contributed by atoms with Gasteiger partial charge in [-0.1, -0.05) is 36.4 Å². The predicted molar refractivity (Wildman–Crippen MR) is 118 cm³/mol. The summed E-state index contributed by atoms with van der Waals surface area (Å²) in [7, 11) is 7.01. The van der Waals surface area contributed by atoms with E-state index in [4.69, 9.17) is 0 Å². The van der Waals surface area contributed by atoms with Crippen LogP contribution >= 0.6 is 0 Å². The molecule has 0 spiro atoms. The predicted octanol–water partition coefficient (Wildman–Crippen LogP) is 1.80. The summed E-state index contributed by atoms with van der Waals surface area (Å²) >= 11 is 0. The SMILES string of the molecule is CN(C)CC(=O)N1[C@H](C#N)[C@H](c2ccccc2-c2ccc(C(=O)N(C)C)cc2)[C@@H]1CO. The van der Waals surface area contributed by atoms with Gasteiger partial charge in [-0.15, -0.1) is 0 Å². The summed E-state index contributed by atoms with van der Waals surface area (Å²) in [5.74, 6) is -0.532. The van der Waals surface area contributed by atoms with Crippen LogP contribution in [0.5, 0.6) is 0 Å². The molecule has 0 saturated carbocycles. The summed E-state index contributed by atoms with van der Waals surface area (Å²) in [5.41, 5.74) is 3.35. The summed E-state index contributed by atoms with van der Waals surface area (Å²) in [6.45, 7) is -0.0307. The Hall–Kier alpha value is -3.21. The van der Waals surface area contributed by atoms with Gasteiger partial charge in [0.2, 0.25) is 5.91 Å². The first-order valence-electron chi connectivity index (χ1n) is 10.2. The molecule has 3 rings (SSSR count). The average molecular weight is 421 g/mol. The van der Waals surface area contributed by atoms with Gasteiger partial charge in [-0.05, 0) is 42.9 Å². The third-order valence-corrected chi connectivity index (χ3v) is 5.64. The lowest BCUT2D eigenvalue weighted by molar-refractivity contribution is -0.147. The number of amides is 2. The summed E-state index contributed by atoms with van der Waals surface area (Å²) < 4.78 is 0. The summed E-state index contributed by atoms with van der Waals surface area (Å²) in [6, 6.07) is 16.2. The van der Waals surface area contributed by atoms with Crippen LogP contribution in [0.4, 0.5) is 0 Å². The fourth-order valence-corrected chi connectivity index (χ4v) is 4.18. The Morgan fingerprint density at radius 3 is 2.26 bits per heavy atom. The second-order valence-corrected chi connectivity index (χ2v) is 8.25. The first-order valence-corrected chi connectivity index (χ1v) is 10.2. The number of rotatable bonds is 6. The average Bonchev–Trinajstić information content (AvgIpc) is 2.73. The Morgan fingerprint density at radius 2 is 1.71 bits per heavy atom. The molecule has 3 atom stereocenters. The maximum Gasteiger partial charge on any atom is 0.253 e. The van der Waals surface area contributed by atoms with E-state index in [-0.39, 0.29) is 30.9 Å². The van der Waals surface area contributed by atoms with Gasteiger partial charge in [0.25, 0.3) is 5.91 Å². The third-order valence-electron chi connectivity index (χ3n) is 5.64. The highest BCUT2D eigenvalue weighted by atomic mass is 16.3. The number of benzene rings is 2. The first kappa shape index (κ1) is 22.5. The van der Waals surface area contributed by atoms with Crippen LogP contribution in [0.25, 0.3) is 11.1 Å². The number of likely N-dealkylation sites (tertiary alicyclic amines) is 1. The molecule has 2 amide bonds. The lowest BCUT2D eigenvalue weighted by Gasteiger charge is -2.52. The maximum atomic E-state index is 12.6. The van der Waals surface area contributed by atoms with E-state index in [2.05, 4.69) is 6.07 Å². The number of carbonyl (C=O) groups is 2. The molecule has 0 radical (unpaired) electrons. The number of aliphatic hydroxyl groups excluding tert-OH is 1. The van der Waals surface area contributed by atoms with Crippen LogP contribution in [0.1, 0.15) is 21.8 Å². The molecule has 0 aliphatic carbocycles. The zero-order chi connectivity index (χ0) is 22.7. The normalized spacial score (nSPS) is 20.2. The van der Waals surface area contributed by atoms with Gasteiger partial charge in [0.1, 0.15) is 6.04 Å². The Kier molecular flexibility index (Phi) is 6.74. The molecule has 0 unspecified atom stereocenters. The van der Waals surface area contributed by atoms with Crippen molar-refractivity contribution in [1.29, 1.82) is 5.26 Å². The molecule has 0 aromatic heterocycles. The number of aliphatic hydroxyl groups is 1. The number of nitriles is 1. The van der Waals surface area contributed by atoms with Crippen LogP contribution in [0.3, 0.4) is 0 Å². The molecule has 2 aromatic carbocycles. The smallest absolute Gasteiger partial charge is 0.253 e. The van der Waals surface area contributed by atoms with Crippen LogP contribution in [-0.4, -0.2) is 85.0 Å². The first-order chi connectivity index (χ1) is 14.8. The number of nitrogens with zero attached hydrogens (tertiary/aromatic N) is 4. The van der Waals surface area contributed by atoms with Gasteiger partial charge >= 0.3 is 0 Å². The summed E-state index contributed by atoms with van der Waals surface area (Å²) in [4.78, 5) is 29.6. The van der Waals surface area contributed by atoms with E-state index in [0.717, 1.165) is 16.7 Å². The highest BCUT2D eigenvalue weighted by molar-refractivity contribution is 5.94. The second kappa shape index (κ2) is 9.29. The van der Waals surface area contributed by atoms with Crippen LogP contribution in [0.2, 0.25) is 0 Å². The quantitative estimate of drug-likeness (QED) is 0.770. The maximum absolute atomic E-state index is 12.6. The monoisotopic (exact) mass is 420 g/mol. The lowest BCUT2D eigenvalue weighted by atomic mass is 9.73. The largest absolute Gasteiger partial charge is 0.394 e. The standard InChI is InChI=1S/C24H28N4O3/c1-26(2)14-22(30)28-20(13-25)23(21(28)15-29)19-8-6-5-7-18(19)16-9-11-17(12-10-16)24(31)27(3)4/h5-12,20-21,23,29H,14-15H2,1-4H3/t20-,21+,23+/m1/s1. The van der Waals surface area contributed by atoms with Gasteiger partial charge in [-0.2, -0.15) is 5.26 Å². The molecule has 31 heavy (non-hydrogen) atoms. The van der Waals surface area contributed by atoms with Crippen LogP contribution in [0, 0.1) is 11.3 Å². The summed E-state index contributed by atoms with van der Waals surface area (Å²) in [5, 5.41) is 19.9. The van der Waals surface area contributed by atoms with Crippen molar-refractivity contribution in [2.45, 2.75) is 18.0 Å². The molecular formula is C24H28N4O3. The number of hydrogen-bond acceptors (Lipinski definition) is 5. The topological polar surface area (TPSA) is 87.9 Å².